The highest BCUT2D eigenvalue weighted by Gasteiger charge is 2.09. The predicted octanol–water partition coefficient (Wildman–Crippen LogP) is 2.00. The number of aromatic nitrogens is 2. The van der Waals surface area contributed by atoms with E-state index < -0.39 is 0 Å². The summed E-state index contributed by atoms with van der Waals surface area (Å²) in [6.45, 7) is 3.53. The number of anilines is 1. The largest absolute Gasteiger partial charge is 0.364 e. The van der Waals surface area contributed by atoms with Gasteiger partial charge in [-0.15, -0.1) is 0 Å². The molecule has 1 N–H and O–H groups in total. The molecule has 1 aliphatic rings. The Kier molecular flexibility index (Phi) is 5.38. The van der Waals surface area contributed by atoms with Gasteiger partial charge in [0.1, 0.15) is 0 Å². The van der Waals surface area contributed by atoms with Crippen LogP contribution >= 0.6 is 0 Å². The van der Waals surface area contributed by atoms with Crippen molar-refractivity contribution in [2.45, 2.75) is 13.1 Å². The minimum atomic E-state index is 0.753. The van der Waals surface area contributed by atoms with Crippen molar-refractivity contribution in [3.8, 4) is 0 Å². The Hall–Kier alpha value is -2.76. The van der Waals surface area contributed by atoms with Crippen molar-refractivity contribution in [2.75, 3.05) is 32.1 Å². The standard InChI is InChI=1S/C19H26N6/c1-20-19(23(2)14-17-13-22-24(3)15-17)21-12-16-6-8-18(9-7-16)25-10-4-5-11-25/h4-9,13,15H,10-12,14H2,1-3H3,(H,20,21). The van der Waals surface area contributed by atoms with Gasteiger partial charge in [0.15, 0.2) is 5.96 Å². The molecule has 6 heteroatoms. The van der Waals surface area contributed by atoms with Gasteiger partial charge in [-0.05, 0) is 17.7 Å². The van der Waals surface area contributed by atoms with E-state index in [0.29, 0.717) is 0 Å². The minimum absolute atomic E-state index is 0.753. The first kappa shape index (κ1) is 17.1. The number of aliphatic imine (C=N–C) groups is 1. The number of nitrogens with one attached hydrogen (secondary N) is 1. The third kappa shape index (κ3) is 4.41. The molecule has 0 aliphatic carbocycles. The second kappa shape index (κ2) is 7.88. The van der Waals surface area contributed by atoms with Crippen molar-refractivity contribution >= 4 is 11.6 Å². The van der Waals surface area contributed by atoms with Gasteiger partial charge in [0.2, 0.25) is 0 Å². The third-order valence-electron chi connectivity index (χ3n) is 4.32. The summed E-state index contributed by atoms with van der Waals surface area (Å²) >= 11 is 0. The van der Waals surface area contributed by atoms with Gasteiger partial charge in [-0.1, -0.05) is 24.3 Å². The van der Waals surface area contributed by atoms with Crippen LogP contribution in [0.5, 0.6) is 0 Å². The zero-order chi connectivity index (χ0) is 17.6. The zero-order valence-corrected chi connectivity index (χ0v) is 15.2. The second-order valence-electron chi connectivity index (χ2n) is 6.32. The summed E-state index contributed by atoms with van der Waals surface area (Å²) in [5.74, 6) is 0.872. The molecule has 6 nitrogen and oxygen atoms in total. The van der Waals surface area contributed by atoms with Crippen LogP contribution < -0.4 is 10.2 Å². The van der Waals surface area contributed by atoms with E-state index in [4.69, 9.17) is 0 Å². The van der Waals surface area contributed by atoms with E-state index in [9.17, 15) is 0 Å². The number of hydrogen-bond donors (Lipinski definition) is 1. The van der Waals surface area contributed by atoms with E-state index >= 15 is 0 Å². The first-order valence-corrected chi connectivity index (χ1v) is 8.54. The number of guanidine groups is 1. The van der Waals surface area contributed by atoms with Gasteiger partial charge in [-0.3, -0.25) is 9.67 Å². The molecule has 0 bridgehead atoms. The average Bonchev–Trinajstić information content (AvgIpc) is 3.28. The normalized spacial score (nSPS) is 14.2. The van der Waals surface area contributed by atoms with Gasteiger partial charge in [-0.2, -0.15) is 5.10 Å². The van der Waals surface area contributed by atoms with E-state index in [2.05, 4.69) is 61.6 Å². The van der Waals surface area contributed by atoms with Crippen LogP contribution in [0.25, 0.3) is 0 Å². The molecule has 25 heavy (non-hydrogen) atoms. The molecule has 1 aromatic heterocycles. The predicted molar refractivity (Wildman–Crippen MR) is 103 cm³/mol. The van der Waals surface area contributed by atoms with Gasteiger partial charge in [0.05, 0.1) is 6.20 Å². The van der Waals surface area contributed by atoms with Crippen molar-refractivity contribution in [1.29, 1.82) is 0 Å². The van der Waals surface area contributed by atoms with Crippen molar-refractivity contribution in [3.05, 3.63) is 59.9 Å². The summed E-state index contributed by atoms with van der Waals surface area (Å²) in [6, 6.07) is 8.72. The maximum atomic E-state index is 4.37. The number of aryl methyl sites for hydroxylation is 1. The molecule has 0 amide bonds. The molecule has 1 aliphatic heterocycles. The van der Waals surface area contributed by atoms with Crippen LogP contribution in [0, 0.1) is 0 Å². The lowest BCUT2D eigenvalue weighted by atomic mass is 10.2. The van der Waals surface area contributed by atoms with Crippen LogP contribution in [0.3, 0.4) is 0 Å². The highest BCUT2D eigenvalue weighted by molar-refractivity contribution is 5.79. The summed E-state index contributed by atoms with van der Waals surface area (Å²) in [5, 5.41) is 7.63. The Morgan fingerprint density at radius 1 is 1.20 bits per heavy atom. The quantitative estimate of drug-likeness (QED) is 0.515. The smallest absolute Gasteiger partial charge is 0.193 e. The average molecular weight is 338 g/mol. The van der Waals surface area contributed by atoms with Crippen LogP contribution in [0.4, 0.5) is 5.69 Å². The highest BCUT2D eigenvalue weighted by atomic mass is 15.3. The molecule has 0 unspecified atom stereocenters. The summed E-state index contributed by atoms with van der Waals surface area (Å²) < 4.78 is 1.82. The molecular weight excluding hydrogens is 312 g/mol. The van der Waals surface area contributed by atoms with Gasteiger partial charge in [-0.25, -0.2) is 0 Å². The molecule has 2 heterocycles. The monoisotopic (exact) mass is 338 g/mol. The fourth-order valence-electron chi connectivity index (χ4n) is 2.98. The van der Waals surface area contributed by atoms with Gasteiger partial charge in [0.25, 0.3) is 0 Å². The Balaban J connectivity index is 1.53. The molecule has 0 radical (unpaired) electrons. The molecular formula is C19H26N6. The van der Waals surface area contributed by atoms with E-state index in [0.717, 1.165) is 37.7 Å². The molecule has 0 saturated carbocycles. The van der Waals surface area contributed by atoms with Crippen LogP contribution in [-0.2, 0) is 20.1 Å². The maximum absolute atomic E-state index is 4.37. The van der Waals surface area contributed by atoms with Crippen LogP contribution in [-0.4, -0.2) is 47.8 Å². The van der Waals surface area contributed by atoms with E-state index in [1.165, 1.54) is 11.3 Å². The Morgan fingerprint density at radius 2 is 1.92 bits per heavy atom. The topological polar surface area (TPSA) is 48.7 Å². The van der Waals surface area contributed by atoms with Crippen LogP contribution in [0.1, 0.15) is 11.1 Å². The summed E-state index contributed by atoms with van der Waals surface area (Å²) in [6.07, 6.45) is 8.32. The summed E-state index contributed by atoms with van der Waals surface area (Å²) in [4.78, 5) is 8.82. The van der Waals surface area contributed by atoms with Crippen molar-refractivity contribution < 1.29 is 0 Å². The number of nitrogens with zero attached hydrogens (tertiary/aromatic N) is 5. The third-order valence-corrected chi connectivity index (χ3v) is 4.32. The number of hydrogen-bond acceptors (Lipinski definition) is 3. The molecule has 132 valence electrons. The lowest BCUT2D eigenvalue weighted by Gasteiger charge is -2.22. The SMILES string of the molecule is CN=C(NCc1ccc(N2CC=CC2)cc1)N(C)Cc1cnn(C)c1. The Morgan fingerprint density at radius 3 is 2.52 bits per heavy atom. The van der Waals surface area contributed by atoms with E-state index in [1.807, 2.05) is 38.2 Å². The molecule has 0 spiro atoms. The van der Waals surface area contributed by atoms with E-state index in [-0.39, 0.29) is 0 Å². The van der Waals surface area contributed by atoms with Crippen LogP contribution in [0.2, 0.25) is 0 Å². The van der Waals surface area contributed by atoms with Crippen LogP contribution in [0.15, 0.2) is 53.8 Å². The van der Waals surface area contributed by atoms with Gasteiger partial charge in [0, 0.05) is 64.8 Å². The van der Waals surface area contributed by atoms with E-state index in [1.54, 1.807) is 0 Å². The number of rotatable bonds is 5. The summed E-state index contributed by atoms with van der Waals surface area (Å²) in [7, 11) is 5.77. The van der Waals surface area contributed by atoms with Gasteiger partial charge < -0.3 is 15.1 Å². The van der Waals surface area contributed by atoms with Gasteiger partial charge >= 0.3 is 0 Å². The molecule has 0 fully saturated rings. The second-order valence-corrected chi connectivity index (χ2v) is 6.32. The molecule has 1 aromatic carbocycles. The fraction of sp³-hybridized carbons (Fsp3) is 0.368. The first-order valence-electron chi connectivity index (χ1n) is 8.54. The minimum Gasteiger partial charge on any atom is -0.364 e. The summed E-state index contributed by atoms with van der Waals surface area (Å²) in [5.41, 5.74) is 3.68. The molecule has 0 saturated heterocycles. The Bertz CT molecular complexity index is 736. The lowest BCUT2D eigenvalue weighted by molar-refractivity contribution is 0.476. The maximum Gasteiger partial charge on any atom is 0.193 e. The Labute approximate surface area is 149 Å². The molecule has 0 atom stereocenters. The van der Waals surface area contributed by atoms with Crippen molar-refractivity contribution in [2.24, 2.45) is 12.0 Å². The first-order chi connectivity index (χ1) is 12.2. The molecule has 2 aromatic rings. The fourth-order valence-corrected chi connectivity index (χ4v) is 2.98. The van der Waals surface area contributed by atoms with Crippen molar-refractivity contribution in [1.82, 2.24) is 20.0 Å². The molecule has 3 rings (SSSR count). The zero-order valence-electron chi connectivity index (χ0n) is 15.2. The highest BCUT2D eigenvalue weighted by Crippen LogP contribution is 2.17. The lowest BCUT2D eigenvalue weighted by Crippen LogP contribution is -2.37. The van der Waals surface area contributed by atoms with Crippen molar-refractivity contribution in [3.63, 3.8) is 0 Å². The number of benzene rings is 1.